The number of anilines is 1. The van der Waals surface area contributed by atoms with Crippen molar-refractivity contribution in [1.29, 1.82) is 0 Å². The molecule has 1 fully saturated rings. The third-order valence-electron chi connectivity index (χ3n) is 4.94. The van der Waals surface area contributed by atoms with Crippen LogP contribution in [0.5, 0.6) is 0 Å². The van der Waals surface area contributed by atoms with E-state index in [-0.39, 0.29) is 11.7 Å². The Balaban J connectivity index is 2.03. The van der Waals surface area contributed by atoms with E-state index < -0.39 is 6.09 Å². The lowest BCUT2D eigenvalue weighted by molar-refractivity contribution is 0.200. The summed E-state index contributed by atoms with van der Waals surface area (Å²) in [6, 6.07) is 10.3. The SMILES string of the molecule is Cc1cc(C)cc(-c2cc(F)ccc2N(C[C@H]2CCN(C)C2)C(=O)O)c1. The molecule has 0 aliphatic carbocycles. The van der Waals surface area contributed by atoms with E-state index in [1.807, 2.05) is 39.1 Å². The Hall–Kier alpha value is -2.40. The maximum Gasteiger partial charge on any atom is 0.411 e. The molecule has 2 aromatic carbocycles. The Morgan fingerprint density at radius 3 is 2.50 bits per heavy atom. The fourth-order valence-electron chi connectivity index (χ4n) is 3.82. The second-order valence-corrected chi connectivity index (χ2v) is 7.35. The van der Waals surface area contributed by atoms with Crippen LogP contribution in [0, 0.1) is 25.6 Å². The summed E-state index contributed by atoms with van der Waals surface area (Å²) in [4.78, 5) is 15.6. The van der Waals surface area contributed by atoms with Crippen LogP contribution in [0.3, 0.4) is 0 Å². The number of hydrogen-bond donors (Lipinski definition) is 1. The molecule has 0 unspecified atom stereocenters. The predicted molar refractivity (Wildman–Crippen MR) is 102 cm³/mol. The summed E-state index contributed by atoms with van der Waals surface area (Å²) in [7, 11) is 2.05. The van der Waals surface area contributed by atoms with Crippen molar-refractivity contribution in [2.45, 2.75) is 20.3 Å². The molecule has 0 spiro atoms. The van der Waals surface area contributed by atoms with Crippen LogP contribution in [-0.2, 0) is 0 Å². The molecule has 3 rings (SSSR count). The van der Waals surface area contributed by atoms with Crippen LogP contribution in [0.2, 0.25) is 0 Å². The van der Waals surface area contributed by atoms with Gasteiger partial charge in [-0.05, 0) is 63.5 Å². The molecule has 2 aromatic rings. The molecule has 1 amide bonds. The molecule has 5 heteroatoms. The second-order valence-electron chi connectivity index (χ2n) is 7.35. The van der Waals surface area contributed by atoms with Crippen molar-refractivity contribution < 1.29 is 14.3 Å². The van der Waals surface area contributed by atoms with Crippen molar-refractivity contribution in [3.8, 4) is 11.1 Å². The van der Waals surface area contributed by atoms with Gasteiger partial charge in [0, 0.05) is 18.7 Å². The van der Waals surface area contributed by atoms with Crippen molar-refractivity contribution in [1.82, 2.24) is 4.90 Å². The van der Waals surface area contributed by atoms with Crippen molar-refractivity contribution in [3.05, 3.63) is 53.3 Å². The lowest BCUT2D eigenvalue weighted by Crippen LogP contribution is -2.35. The number of rotatable bonds is 4. The highest BCUT2D eigenvalue weighted by Gasteiger charge is 2.27. The van der Waals surface area contributed by atoms with Gasteiger partial charge in [0.05, 0.1) is 5.69 Å². The summed E-state index contributed by atoms with van der Waals surface area (Å²) in [5, 5.41) is 9.82. The molecule has 0 saturated carbocycles. The number of likely N-dealkylation sites (tertiary alicyclic amines) is 1. The summed E-state index contributed by atoms with van der Waals surface area (Å²) in [6.45, 7) is 6.25. The molecule has 0 radical (unpaired) electrons. The van der Waals surface area contributed by atoms with Crippen molar-refractivity contribution >= 4 is 11.8 Å². The van der Waals surface area contributed by atoms with Crippen molar-refractivity contribution in [3.63, 3.8) is 0 Å². The zero-order valence-electron chi connectivity index (χ0n) is 15.5. The number of hydrogen-bond acceptors (Lipinski definition) is 2. The first-order valence-electron chi connectivity index (χ1n) is 8.90. The summed E-state index contributed by atoms with van der Waals surface area (Å²) in [5.41, 5.74) is 4.12. The number of nitrogens with zero attached hydrogens (tertiary/aromatic N) is 2. The van der Waals surface area contributed by atoms with Crippen LogP contribution in [0.15, 0.2) is 36.4 Å². The number of amides is 1. The standard InChI is InChI=1S/C21H25FN2O2/c1-14-8-15(2)10-17(9-14)19-11-18(22)4-5-20(19)24(21(25)26)13-16-6-7-23(3)12-16/h4-5,8-11,16H,6-7,12-13H2,1-3H3,(H,25,26)/t16-/m0/s1. The molecule has 1 saturated heterocycles. The molecule has 0 bridgehead atoms. The van der Waals surface area contributed by atoms with Crippen molar-refractivity contribution in [2.75, 3.05) is 31.6 Å². The normalized spacial score (nSPS) is 17.5. The monoisotopic (exact) mass is 356 g/mol. The molecule has 138 valence electrons. The summed E-state index contributed by atoms with van der Waals surface area (Å²) in [6.07, 6.45) is -0.0304. The second kappa shape index (κ2) is 7.46. The van der Waals surface area contributed by atoms with Gasteiger partial charge < -0.3 is 10.0 Å². The molecular weight excluding hydrogens is 331 g/mol. The van der Waals surface area contributed by atoms with Gasteiger partial charge in [0.25, 0.3) is 0 Å². The minimum absolute atomic E-state index is 0.285. The maximum absolute atomic E-state index is 14.0. The van der Waals surface area contributed by atoms with E-state index in [0.29, 0.717) is 17.8 Å². The van der Waals surface area contributed by atoms with Gasteiger partial charge in [0.15, 0.2) is 0 Å². The van der Waals surface area contributed by atoms with Gasteiger partial charge in [-0.15, -0.1) is 0 Å². The Morgan fingerprint density at radius 1 is 1.23 bits per heavy atom. The third-order valence-corrected chi connectivity index (χ3v) is 4.94. The van der Waals surface area contributed by atoms with Crippen LogP contribution >= 0.6 is 0 Å². The van der Waals surface area contributed by atoms with Gasteiger partial charge in [-0.25, -0.2) is 9.18 Å². The van der Waals surface area contributed by atoms with Gasteiger partial charge in [0.1, 0.15) is 5.82 Å². The number of benzene rings is 2. The quantitative estimate of drug-likeness (QED) is 0.874. The highest BCUT2D eigenvalue weighted by Crippen LogP contribution is 2.34. The lowest BCUT2D eigenvalue weighted by atomic mass is 9.98. The molecule has 1 heterocycles. The summed E-state index contributed by atoms with van der Waals surface area (Å²) >= 11 is 0. The molecule has 1 N–H and O–H groups in total. The van der Waals surface area contributed by atoms with Crippen LogP contribution in [-0.4, -0.2) is 42.8 Å². The number of carboxylic acid groups (broad SMARTS) is 1. The predicted octanol–water partition coefficient (Wildman–Crippen LogP) is 4.55. The van der Waals surface area contributed by atoms with E-state index in [9.17, 15) is 14.3 Å². The minimum atomic E-state index is -1.00. The first-order valence-corrected chi connectivity index (χ1v) is 8.90. The summed E-state index contributed by atoms with van der Waals surface area (Å²) in [5.74, 6) is -0.0814. The largest absolute Gasteiger partial charge is 0.465 e. The average Bonchev–Trinajstić information content (AvgIpc) is 2.97. The van der Waals surface area contributed by atoms with E-state index >= 15 is 0 Å². The molecule has 26 heavy (non-hydrogen) atoms. The number of halogens is 1. The zero-order valence-corrected chi connectivity index (χ0v) is 15.5. The Kier molecular flexibility index (Phi) is 5.28. The van der Waals surface area contributed by atoms with E-state index in [0.717, 1.165) is 36.2 Å². The van der Waals surface area contributed by atoms with Crippen LogP contribution < -0.4 is 4.90 Å². The third kappa shape index (κ3) is 4.05. The smallest absolute Gasteiger partial charge is 0.411 e. The van der Waals surface area contributed by atoms with Gasteiger partial charge in [0.2, 0.25) is 0 Å². The van der Waals surface area contributed by atoms with Crippen molar-refractivity contribution in [2.24, 2.45) is 5.92 Å². The topological polar surface area (TPSA) is 43.8 Å². The minimum Gasteiger partial charge on any atom is -0.465 e. The fraction of sp³-hybridized carbons (Fsp3) is 0.381. The first kappa shape index (κ1) is 18.4. The van der Waals surface area contributed by atoms with E-state index in [1.54, 1.807) is 6.07 Å². The first-order chi connectivity index (χ1) is 12.3. The maximum atomic E-state index is 14.0. The fourth-order valence-corrected chi connectivity index (χ4v) is 3.82. The van der Waals surface area contributed by atoms with Gasteiger partial charge in [-0.2, -0.15) is 0 Å². The van der Waals surface area contributed by atoms with Crippen LogP contribution in [0.25, 0.3) is 11.1 Å². The zero-order chi connectivity index (χ0) is 18.8. The number of carbonyl (C=O) groups is 1. The van der Waals surface area contributed by atoms with Crippen LogP contribution in [0.1, 0.15) is 17.5 Å². The number of aryl methyl sites for hydroxylation is 2. The van der Waals surface area contributed by atoms with Gasteiger partial charge in [-0.3, -0.25) is 4.90 Å². The Morgan fingerprint density at radius 2 is 1.92 bits per heavy atom. The molecule has 0 aromatic heterocycles. The highest BCUT2D eigenvalue weighted by atomic mass is 19.1. The average molecular weight is 356 g/mol. The van der Waals surface area contributed by atoms with E-state index in [4.69, 9.17) is 0 Å². The molecular formula is C21H25FN2O2. The van der Waals surface area contributed by atoms with Crippen LogP contribution in [0.4, 0.5) is 14.9 Å². The van der Waals surface area contributed by atoms with E-state index in [2.05, 4.69) is 4.90 Å². The molecule has 4 nitrogen and oxygen atoms in total. The van der Waals surface area contributed by atoms with Gasteiger partial charge in [-0.1, -0.05) is 29.3 Å². The Labute approximate surface area is 153 Å². The summed E-state index contributed by atoms with van der Waals surface area (Å²) < 4.78 is 14.0. The lowest BCUT2D eigenvalue weighted by Gasteiger charge is -2.25. The molecule has 1 aliphatic rings. The Bertz CT molecular complexity index is 801. The molecule has 1 atom stereocenters. The highest BCUT2D eigenvalue weighted by molar-refractivity contribution is 5.93. The van der Waals surface area contributed by atoms with E-state index in [1.165, 1.54) is 17.0 Å². The molecule has 1 aliphatic heterocycles. The van der Waals surface area contributed by atoms with Gasteiger partial charge >= 0.3 is 6.09 Å².